The second-order valence-corrected chi connectivity index (χ2v) is 12.9. The molecule has 2 bridgehead atoms. The van der Waals surface area contributed by atoms with E-state index in [0.717, 1.165) is 10.8 Å². The summed E-state index contributed by atoms with van der Waals surface area (Å²) in [7, 11) is 0. The molecule has 0 aliphatic carbocycles. The third kappa shape index (κ3) is 5.22. The summed E-state index contributed by atoms with van der Waals surface area (Å²) in [5, 5.41) is 12.4. The summed E-state index contributed by atoms with van der Waals surface area (Å²) in [5.41, 5.74) is -0.911. The van der Waals surface area contributed by atoms with E-state index in [1.165, 1.54) is 4.90 Å². The van der Waals surface area contributed by atoms with Crippen molar-refractivity contribution in [2.75, 3.05) is 36.1 Å². The van der Waals surface area contributed by atoms with Gasteiger partial charge < -0.3 is 29.3 Å². The fourth-order valence-corrected chi connectivity index (χ4v) is 8.03. The Morgan fingerprint density at radius 2 is 1.64 bits per heavy atom. The van der Waals surface area contributed by atoms with Crippen molar-refractivity contribution in [3.05, 3.63) is 92.0 Å². The second kappa shape index (κ2) is 12.6. The number of benzene rings is 3. The number of carbonyl (C=O) groups is 3. The van der Waals surface area contributed by atoms with Gasteiger partial charge in [0, 0.05) is 24.5 Å². The molecule has 3 aliphatic heterocycles. The van der Waals surface area contributed by atoms with E-state index in [0.29, 0.717) is 36.6 Å². The van der Waals surface area contributed by atoms with E-state index >= 15 is 0 Å². The van der Waals surface area contributed by atoms with Crippen LogP contribution in [0.4, 0.5) is 11.4 Å². The Hall–Kier alpha value is -4.47. The summed E-state index contributed by atoms with van der Waals surface area (Å²) in [6.07, 6.45) is 4.24. The Labute approximate surface area is 276 Å². The third-order valence-corrected chi connectivity index (χ3v) is 10.1. The maximum absolute atomic E-state index is 14.9. The summed E-state index contributed by atoms with van der Waals surface area (Å²) in [6.45, 7) is 13.9. The summed E-state index contributed by atoms with van der Waals surface area (Å²) in [6, 6.07) is 19.2. The summed E-state index contributed by atoms with van der Waals surface area (Å²) in [5.74, 6) is -2.02. The van der Waals surface area contributed by atoms with Crippen LogP contribution in [0.1, 0.15) is 33.6 Å². The van der Waals surface area contributed by atoms with Crippen molar-refractivity contribution in [2.45, 2.75) is 56.9 Å². The highest BCUT2D eigenvalue weighted by Crippen LogP contribution is 2.64. The molecule has 3 saturated heterocycles. The average molecular weight is 638 g/mol. The average Bonchev–Trinajstić information content (AvgIpc) is 3.66. The minimum absolute atomic E-state index is 0.203. The van der Waals surface area contributed by atoms with Crippen LogP contribution in [0.25, 0.3) is 10.8 Å². The number of carbonyl (C=O) groups excluding carboxylic acids is 3. The van der Waals surface area contributed by atoms with Crippen molar-refractivity contribution in [2.24, 2.45) is 11.8 Å². The van der Waals surface area contributed by atoms with Gasteiger partial charge in [-0.25, -0.2) is 0 Å². The zero-order valence-corrected chi connectivity index (χ0v) is 27.3. The molecule has 9 heteroatoms. The molecule has 3 amide bonds. The van der Waals surface area contributed by atoms with Crippen LogP contribution >= 0.6 is 0 Å². The number of fused-ring (bicyclic) bond motifs is 2. The lowest BCUT2D eigenvalue weighted by molar-refractivity contribution is -0.147. The van der Waals surface area contributed by atoms with Gasteiger partial charge in [0.2, 0.25) is 11.8 Å². The minimum atomic E-state index is -1.25. The molecule has 47 heavy (non-hydrogen) atoms. The number of aliphatic hydroxyl groups is 1. The highest BCUT2D eigenvalue weighted by atomic mass is 16.5. The Balaban J connectivity index is 1.42. The molecule has 3 aliphatic rings. The molecule has 3 aromatic rings. The summed E-state index contributed by atoms with van der Waals surface area (Å²) >= 11 is 0. The highest BCUT2D eigenvalue weighted by molar-refractivity contribution is 6.07. The van der Waals surface area contributed by atoms with Crippen LogP contribution < -0.4 is 14.5 Å². The van der Waals surface area contributed by atoms with Crippen LogP contribution in [0.3, 0.4) is 0 Å². The Morgan fingerprint density at radius 3 is 2.28 bits per heavy atom. The molecular formula is C38H43N3O6. The molecule has 2 unspecified atom stereocenters. The molecule has 3 fully saturated rings. The summed E-state index contributed by atoms with van der Waals surface area (Å²) in [4.78, 5) is 48.9. The molecule has 1 spiro atoms. The fourth-order valence-electron chi connectivity index (χ4n) is 8.03. The highest BCUT2D eigenvalue weighted by Gasteiger charge is 2.78. The largest absolute Gasteiger partial charge is 0.494 e. The van der Waals surface area contributed by atoms with E-state index in [4.69, 9.17) is 9.47 Å². The molecule has 3 heterocycles. The number of hydrogen-bond donors (Lipinski definition) is 1. The normalized spacial score (nSPS) is 26.6. The monoisotopic (exact) mass is 637 g/mol. The van der Waals surface area contributed by atoms with Gasteiger partial charge in [-0.15, -0.1) is 13.2 Å². The molecule has 1 N–H and O–H groups in total. The quantitative estimate of drug-likeness (QED) is 0.277. The topological polar surface area (TPSA) is 99.6 Å². The number of ether oxygens (including phenoxy) is 2. The number of anilines is 2. The van der Waals surface area contributed by atoms with Crippen molar-refractivity contribution < 1.29 is 29.0 Å². The lowest BCUT2D eigenvalue weighted by Crippen LogP contribution is -2.58. The van der Waals surface area contributed by atoms with Crippen LogP contribution in [0, 0.1) is 11.8 Å². The van der Waals surface area contributed by atoms with Crippen LogP contribution in [0.15, 0.2) is 92.0 Å². The maximum Gasteiger partial charge on any atom is 0.253 e. The second-order valence-electron chi connectivity index (χ2n) is 12.9. The fraction of sp³-hybridized carbons (Fsp3) is 0.395. The molecule has 0 radical (unpaired) electrons. The lowest BCUT2D eigenvalue weighted by atomic mass is 9.66. The van der Waals surface area contributed by atoms with Crippen LogP contribution in [-0.2, 0) is 19.1 Å². The van der Waals surface area contributed by atoms with Crippen LogP contribution in [0.2, 0.25) is 0 Å². The Kier molecular flexibility index (Phi) is 8.72. The van der Waals surface area contributed by atoms with Gasteiger partial charge in [-0.3, -0.25) is 14.4 Å². The Bertz CT molecular complexity index is 1710. The zero-order valence-electron chi connectivity index (χ0n) is 27.3. The first-order chi connectivity index (χ1) is 22.6. The minimum Gasteiger partial charge on any atom is -0.494 e. The molecule has 6 rings (SSSR count). The van der Waals surface area contributed by atoms with E-state index in [-0.39, 0.29) is 37.4 Å². The number of aliphatic hydroxyl groups excluding tert-OH is 1. The maximum atomic E-state index is 14.9. The smallest absolute Gasteiger partial charge is 0.253 e. The van der Waals surface area contributed by atoms with E-state index in [1.54, 1.807) is 28.9 Å². The van der Waals surface area contributed by atoms with Crippen molar-refractivity contribution in [1.29, 1.82) is 0 Å². The van der Waals surface area contributed by atoms with Gasteiger partial charge in [0.05, 0.1) is 36.7 Å². The summed E-state index contributed by atoms with van der Waals surface area (Å²) < 4.78 is 12.5. The molecule has 0 saturated carbocycles. The first-order valence-electron chi connectivity index (χ1n) is 16.3. The van der Waals surface area contributed by atoms with E-state index in [9.17, 15) is 19.5 Å². The molecule has 246 valence electrons. The van der Waals surface area contributed by atoms with Crippen LogP contribution in [-0.4, -0.2) is 77.3 Å². The van der Waals surface area contributed by atoms with Crippen LogP contribution in [0.5, 0.6) is 5.75 Å². The number of hydrogen-bond acceptors (Lipinski definition) is 6. The molecule has 3 aromatic carbocycles. The lowest BCUT2D eigenvalue weighted by Gasteiger charge is -2.38. The first kappa shape index (κ1) is 32.5. The van der Waals surface area contributed by atoms with Gasteiger partial charge in [0.1, 0.15) is 17.4 Å². The number of amides is 3. The van der Waals surface area contributed by atoms with Crippen molar-refractivity contribution in [1.82, 2.24) is 4.90 Å². The SMILES string of the molecule is C=CCN(C(=O)C1N([C@H](C)CO)C(=O)[C@@H]2[C@H](C(=O)N(CC=C)c3ccc(OCC)cc3)[C@]3(C)CCC12O3)c1ccc2ccccc2c1. The Morgan fingerprint density at radius 1 is 1.00 bits per heavy atom. The van der Waals surface area contributed by atoms with E-state index < -0.39 is 35.1 Å². The zero-order chi connectivity index (χ0) is 33.5. The number of nitrogens with zero attached hydrogens (tertiary/aromatic N) is 3. The standard InChI is InChI=1S/C38H43N3O6/c1-6-21-39(28-15-17-30(18-16-28)46-8-3)34(43)31-32-35(44)41(25(4)24-42)33(38(32)20-19-37(31,5)47-38)36(45)40(22-7-2)29-14-13-26-11-9-10-12-27(26)23-29/h6-7,9-18,23,25,31-33,42H,1-2,8,19-22,24H2,3-5H3/t25-,31-,32+,33?,37+,38?/m1/s1. The van der Waals surface area contributed by atoms with Crippen molar-refractivity contribution in [3.63, 3.8) is 0 Å². The molecule has 9 nitrogen and oxygen atoms in total. The first-order valence-corrected chi connectivity index (χ1v) is 16.3. The third-order valence-electron chi connectivity index (χ3n) is 10.1. The van der Waals surface area contributed by atoms with Gasteiger partial charge in [-0.2, -0.15) is 0 Å². The van der Waals surface area contributed by atoms with Crippen molar-refractivity contribution in [3.8, 4) is 5.75 Å². The predicted molar refractivity (Wildman–Crippen MR) is 182 cm³/mol. The van der Waals surface area contributed by atoms with Crippen molar-refractivity contribution >= 4 is 39.9 Å². The molecular weight excluding hydrogens is 594 g/mol. The number of rotatable bonds is 12. The van der Waals surface area contributed by atoms with Gasteiger partial charge in [-0.05, 0) is 80.8 Å². The van der Waals surface area contributed by atoms with Gasteiger partial charge >= 0.3 is 0 Å². The molecule has 6 atom stereocenters. The van der Waals surface area contributed by atoms with E-state index in [1.807, 2.05) is 80.6 Å². The molecule has 0 aromatic heterocycles. The number of likely N-dealkylation sites (tertiary alicyclic amines) is 1. The van der Waals surface area contributed by atoms with Gasteiger partial charge in [-0.1, -0.05) is 42.5 Å². The van der Waals surface area contributed by atoms with E-state index in [2.05, 4.69) is 13.2 Å². The van der Waals surface area contributed by atoms with Gasteiger partial charge in [0.15, 0.2) is 0 Å². The van der Waals surface area contributed by atoms with Gasteiger partial charge in [0.25, 0.3) is 5.91 Å². The predicted octanol–water partition coefficient (Wildman–Crippen LogP) is 5.12.